The molecule has 1 aliphatic carbocycles. The number of hydrogen-bond donors (Lipinski definition) is 1. The fraction of sp³-hybridized carbons (Fsp3) is 0.462. The van der Waals surface area contributed by atoms with Crippen LogP contribution in [0.25, 0.3) is 11.0 Å². The number of nitrogens with zero attached hydrogens (tertiary/aromatic N) is 2. The van der Waals surface area contributed by atoms with E-state index in [0.29, 0.717) is 0 Å². The summed E-state index contributed by atoms with van der Waals surface area (Å²) in [5.74, 6) is 0. The molecular formula is C13H17N3. The topological polar surface area (TPSA) is 43.8 Å². The van der Waals surface area contributed by atoms with E-state index in [9.17, 15) is 0 Å². The van der Waals surface area contributed by atoms with Gasteiger partial charge < -0.3 is 10.3 Å². The standard InChI is InChI=1S/C13H17N3/c1-16-9-15-11-7-10(3-4-12(11)16)13(8-14)5-2-6-13/h3-4,7,9H,2,5-6,8,14H2,1H3. The molecule has 2 aromatic rings. The van der Waals surface area contributed by atoms with Crippen molar-refractivity contribution in [2.45, 2.75) is 24.7 Å². The van der Waals surface area contributed by atoms with Crippen LogP contribution in [0.4, 0.5) is 0 Å². The molecule has 1 aromatic carbocycles. The Kier molecular flexibility index (Phi) is 2.04. The van der Waals surface area contributed by atoms with Gasteiger partial charge in [0.15, 0.2) is 0 Å². The van der Waals surface area contributed by atoms with Gasteiger partial charge in [-0.05, 0) is 30.5 Å². The molecule has 1 saturated carbocycles. The minimum Gasteiger partial charge on any atom is -0.334 e. The van der Waals surface area contributed by atoms with Crippen LogP contribution in [0, 0.1) is 0 Å². The average Bonchev–Trinajstić information content (AvgIpc) is 2.60. The first-order chi connectivity index (χ1) is 7.75. The van der Waals surface area contributed by atoms with Crippen LogP contribution in [-0.2, 0) is 12.5 Å². The van der Waals surface area contributed by atoms with E-state index in [1.807, 2.05) is 13.4 Å². The molecule has 16 heavy (non-hydrogen) atoms. The van der Waals surface area contributed by atoms with E-state index < -0.39 is 0 Å². The molecule has 0 spiro atoms. The Hall–Kier alpha value is -1.35. The van der Waals surface area contributed by atoms with Gasteiger partial charge in [-0.15, -0.1) is 0 Å². The lowest BCUT2D eigenvalue weighted by Gasteiger charge is -2.41. The van der Waals surface area contributed by atoms with Gasteiger partial charge in [0.05, 0.1) is 17.4 Å². The molecule has 1 fully saturated rings. The van der Waals surface area contributed by atoms with E-state index in [1.165, 1.54) is 30.3 Å². The number of benzene rings is 1. The van der Waals surface area contributed by atoms with Crippen LogP contribution in [0.1, 0.15) is 24.8 Å². The van der Waals surface area contributed by atoms with Crippen LogP contribution in [0.3, 0.4) is 0 Å². The van der Waals surface area contributed by atoms with E-state index in [2.05, 4.69) is 27.8 Å². The van der Waals surface area contributed by atoms with E-state index in [0.717, 1.165) is 12.1 Å². The van der Waals surface area contributed by atoms with E-state index in [1.54, 1.807) is 0 Å². The summed E-state index contributed by atoms with van der Waals surface area (Å²) >= 11 is 0. The SMILES string of the molecule is Cn1cnc2cc(C3(CN)CCC3)ccc21. The number of imidazole rings is 1. The second-order valence-electron chi connectivity index (χ2n) is 4.90. The Labute approximate surface area is 95.3 Å². The van der Waals surface area contributed by atoms with Gasteiger partial charge >= 0.3 is 0 Å². The molecule has 1 heterocycles. The molecule has 3 heteroatoms. The van der Waals surface area contributed by atoms with Crippen molar-refractivity contribution in [1.29, 1.82) is 0 Å². The van der Waals surface area contributed by atoms with E-state index in [-0.39, 0.29) is 5.41 Å². The molecule has 2 N–H and O–H groups in total. The van der Waals surface area contributed by atoms with Crippen molar-refractivity contribution < 1.29 is 0 Å². The van der Waals surface area contributed by atoms with Crippen molar-refractivity contribution in [3.63, 3.8) is 0 Å². The van der Waals surface area contributed by atoms with E-state index in [4.69, 9.17) is 5.73 Å². The summed E-state index contributed by atoms with van der Waals surface area (Å²) in [4.78, 5) is 4.41. The van der Waals surface area contributed by atoms with Gasteiger partial charge in [-0.2, -0.15) is 0 Å². The van der Waals surface area contributed by atoms with Crippen molar-refractivity contribution in [2.24, 2.45) is 12.8 Å². The highest BCUT2D eigenvalue weighted by atomic mass is 15.0. The predicted molar refractivity (Wildman–Crippen MR) is 65.3 cm³/mol. The van der Waals surface area contributed by atoms with Crippen molar-refractivity contribution in [1.82, 2.24) is 9.55 Å². The molecule has 1 aliphatic rings. The summed E-state index contributed by atoms with van der Waals surface area (Å²) in [6.45, 7) is 0.755. The summed E-state index contributed by atoms with van der Waals surface area (Å²) in [5.41, 5.74) is 9.81. The lowest BCUT2D eigenvalue weighted by Crippen LogP contribution is -2.41. The lowest BCUT2D eigenvalue weighted by molar-refractivity contribution is 0.253. The first-order valence-corrected chi connectivity index (χ1v) is 5.87. The summed E-state index contributed by atoms with van der Waals surface area (Å²) in [5, 5.41) is 0. The molecule has 0 saturated heterocycles. The third-order valence-corrected chi connectivity index (χ3v) is 4.04. The smallest absolute Gasteiger partial charge is 0.0955 e. The third-order valence-electron chi connectivity index (χ3n) is 4.04. The average molecular weight is 215 g/mol. The van der Waals surface area contributed by atoms with Crippen LogP contribution in [-0.4, -0.2) is 16.1 Å². The highest BCUT2D eigenvalue weighted by Crippen LogP contribution is 2.43. The van der Waals surface area contributed by atoms with E-state index >= 15 is 0 Å². The maximum atomic E-state index is 5.92. The molecule has 1 aromatic heterocycles. The number of aryl methyl sites for hydroxylation is 1. The third kappa shape index (κ3) is 1.21. The highest BCUT2D eigenvalue weighted by Gasteiger charge is 2.37. The van der Waals surface area contributed by atoms with Crippen LogP contribution < -0.4 is 5.73 Å². The molecule has 0 radical (unpaired) electrons. The van der Waals surface area contributed by atoms with Gasteiger partial charge in [0.2, 0.25) is 0 Å². The molecule has 0 amide bonds. The zero-order chi connectivity index (χ0) is 11.2. The zero-order valence-electron chi connectivity index (χ0n) is 9.61. The van der Waals surface area contributed by atoms with Crippen LogP contribution in [0.2, 0.25) is 0 Å². The minimum absolute atomic E-state index is 0.242. The Morgan fingerprint density at radius 2 is 2.25 bits per heavy atom. The van der Waals surface area contributed by atoms with Gasteiger partial charge in [0.25, 0.3) is 0 Å². The fourth-order valence-electron chi connectivity index (χ4n) is 2.68. The maximum absolute atomic E-state index is 5.92. The van der Waals surface area contributed by atoms with Crippen LogP contribution >= 0.6 is 0 Å². The first-order valence-electron chi connectivity index (χ1n) is 5.87. The van der Waals surface area contributed by atoms with Gasteiger partial charge in [-0.1, -0.05) is 12.5 Å². The number of rotatable bonds is 2. The second kappa shape index (κ2) is 3.32. The Bertz CT molecular complexity index is 517. The summed E-state index contributed by atoms with van der Waals surface area (Å²) < 4.78 is 2.05. The molecule has 0 atom stereocenters. The van der Waals surface area contributed by atoms with Crippen molar-refractivity contribution in [2.75, 3.05) is 6.54 Å². The number of nitrogens with two attached hydrogens (primary N) is 1. The quantitative estimate of drug-likeness (QED) is 0.832. The zero-order valence-corrected chi connectivity index (χ0v) is 9.61. The van der Waals surface area contributed by atoms with Crippen molar-refractivity contribution >= 4 is 11.0 Å². The monoisotopic (exact) mass is 215 g/mol. The maximum Gasteiger partial charge on any atom is 0.0955 e. The Morgan fingerprint density at radius 3 is 2.88 bits per heavy atom. The molecule has 0 unspecified atom stereocenters. The molecule has 3 nitrogen and oxygen atoms in total. The first kappa shape index (κ1) is 9.85. The number of aromatic nitrogens is 2. The number of hydrogen-bond acceptors (Lipinski definition) is 2. The normalized spacial score (nSPS) is 18.6. The van der Waals surface area contributed by atoms with Crippen molar-refractivity contribution in [3.05, 3.63) is 30.1 Å². The minimum atomic E-state index is 0.242. The van der Waals surface area contributed by atoms with Gasteiger partial charge in [-0.3, -0.25) is 0 Å². The summed E-state index contributed by atoms with van der Waals surface area (Å²) in [7, 11) is 2.02. The molecule has 0 bridgehead atoms. The van der Waals surface area contributed by atoms with Crippen LogP contribution in [0.15, 0.2) is 24.5 Å². The fourth-order valence-corrected chi connectivity index (χ4v) is 2.68. The summed E-state index contributed by atoms with van der Waals surface area (Å²) in [6.07, 6.45) is 5.62. The number of fused-ring (bicyclic) bond motifs is 1. The Balaban J connectivity index is 2.11. The molecular weight excluding hydrogens is 198 g/mol. The molecule has 3 rings (SSSR count). The highest BCUT2D eigenvalue weighted by molar-refractivity contribution is 5.76. The Morgan fingerprint density at radius 1 is 1.44 bits per heavy atom. The second-order valence-corrected chi connectivity index (χ2v) is 4.90. The molecule has 0 aliphatic heterocycles. The van der Waals surface area contributed by atoms with Gasteiger partial charge in [0, 0.05) is 19.0 Å². The van der Waals surface area contributed by atoms with Crippen molar-refractivity contribution in [3.8, 4) is 0 Å². The van der Waals surface area contributed by atoms with Gasteiger partial charge in [-0.25, -0.2) is 4.98 Å². The van der Waals surface area contributed by atoms with Crippen LogP contribution in [0.5, 0.6) is 0 Å². The lowest BCUT2D eigenvalue weighted by atomic mass is 9.64. The van der Waals surface area contributed by atoms with Gasteiger partial charge in [0.1, 0.15) is 0 Å². The summed E-state index contributed by atoms with van der Waals surface area (Å²) in [6, 6.07) is 6.59. The largest absolute Gasteiger partial charge is 0.334 e. The molecule has 84 valence electrons. The predicted octanol–water partition coefficient (Wildman–Crippen LogP) is 1.95.